The van der Waals surface area contributed by atoms with E-state index in [9.17, 15) is 4.39 Å². The Labute approximate surface area is 102 Å². The summed E-state index contributed by atoms with van der Waals surface area (Å²) in [6, 6.07) is 3.22. The number of hydrogen-bond donors (Lipinski definition) is 1. The molecule has 1 aliphatic rings. The molecular weight excluding hydrogens is 277 g/mol. The van der Waals surface area contributed by atoms with E-state index in [2.05, 4.69) is 21.2 Å². The highest BCUT2D eigenvalue weighted by molar-refractivity contribution is 9.10. The standard InChI is InChI=1S/C11H13BrFNO2/c1-15-11-8(4-7(12)5-9(11)13)10-6-14-2-3-16-10/h4-5,10,14H,2-3,6H2,1H3. The van der Waals surface area contributed by atoms with Crippen LogP contribution in [-0.4, -0.2) is 26.8 Å². The predicted octanol–water partition coefficient (Wildman–Crippen LogP) is 2.26. The van der Waals surface area contributed by atoms with Gasteiger partial charge in [0, 0.05) is 23.1 Å². The topological polar surface area (TPSA) is 30.5 Å². The Kier molecular flexibility index (Phi) is 3.78. The number of methoxy groups -OCH3 is 1. The molecule has 0 amide bonds. The van der Waals surface area contributed by atoms with Crippen molar-refractivity contribution in [2.75, 3.05) is 26.8 Å². The van der Waals surface area contributed by atoms with Crippen molar-refractivity contribution >= 4 is 15.9 Å². The van der Waals surface area contributed by atoms with Crippen molar-refractivity contribution in [3.05, 3.63) is 28.0 Å². The van der Waals surface area contributed by atoms with Crippen molar-refractivity contribution in [2.45, 2.75) is 6.10 Å². The number of nitrogens with one attached hydrogen (secondary N) is 1. The fourth-order valence-electron chi connectivity index (χ4n) is 1.80. The maximum atomic E-state index is 13.6. The van der Waals surface area contributed by atoms with Crippen LogP contribution >= 0.6 is 15.9 Å². The van der Waals surface area contributed by atoms with Crippen LogP contribution in [0.25, 0.3) is 0 Å². The van der Waals surface area contributed by atoms with Gasteiger partial charge in [0.25, 0.3) is 0 Å². The zero-order valence-electron chi connectivity index (χ0n) is 8.93. The lowest BCUT2D eigenvalue weighted by molar-refractivity contribution is 0.0259. The number of hydrogen-bond acceptors (Lipinski definition) is 3. The van der Waals surface area contributed by atoms with E-state index in [4.69, 9.17) is 9.47 Å². The number of rotatable bonds is 2. The van der Waals surface area contributed by atoms with E-state index in [1.54, 1.807) is 0 Å². The van der Waals surface area contributed by atoms with Crippen molar-refractivity contribution in [2.24, 2.45) is 0 Å². The number of halogens is 2. The fraction of sp³-hybridized carbons (Fsp3) is 0.455. The lowest BCUT2D eigenvalue weighted by atomic mass is 10.1. The molecule has 1 fully saturated rings. The summed E-state index contributed by atoms with van der Waals surface area (Å²) >= 11 is 3.27. The van der Waals surface area contributed by atoms with Gasteiger partial charge in [-0.25, -0.2) is 4.39 Å². The van der Waals surface area contributed by atoms with Crippen LogP contribution in [0.5, 0.6) is 5.75 Å². The third-order valence-electron chi connectivity index (χ3n) is 2.52. The molecule has 1 heterocycles. The summed E-state index contributed by atoms with van der Waals surface area (Å²) < 4.78 is 25.0. The average Bonchev–Trinajstić information content (AvgIpc) is 2.29. The molecule has 1 aliphatic heterocycles. The number of morpholine rings is 1. The third kappa shape index (κ3) is 2.36. The van der Waals surface area contributed by atoms with E-state index >= 15 is 0 Å². The molecule has 1 aromatic rings. The van der Waals surface area contributed by atoms with Gasteiger partial charge < -0.3 is 14.8 Å². The summed E-state index contributed by atoms with van der Waals surface area (Å²) in [6.45, 7) is 2.13. The Hall–Kier alpha value is -0.650. The summed E-state index contributed by atoms with van der Waals surface area (Å²) in [7, 11) is 1.46. The van der Waals surface area contributed by atoms with Crippen LogP contribution in [-0.2, 0) is 4.74 Å². The second-order valence-corrected chi connectivity index (χ2v) is 4.49. The Morgan fingerprint density at radius 2 is 2.38 bits per heavy atom. The summed E-state index contributed by atoms with van der Waals surface area (Å²) in [6.07, 6.45) is -0.157. The maximum absolute atomic E-state index is 13.6. The van der Waals surface area contributed by atoms with Crippen LogP contribution < -0.4 is 10.1 Å². The molecule has 5 heteroatoms. The van der Waals surface area contributed by atoms with Crippen molar-refractivity contribution in [1.29, 1.82) is 0 Å². The molecule has 0 saturated carbocycles. The fourth-order valence-corrected chi connectivity index (χ4v) is 2.25. The summed E-state index contributed by atoms with van der Waals surface area (Å²) in [5, 5.41) is 3.21. The maximum Gasteiger partial charge on any atom is 0.166 e. The molecule has 0 spiro atoms. The number of benzene rings is 1. The van der Waals surface area contributed by atoms with E-state index in [1.165, 1.54) is 13.2 Å². The Balaban J connectivity index is 2.36. The predicted molar refractivity (Wildman–Crippen MR) is 62.2 cm³/mol. The van der Waals surface area contributed by atoms with Crippen LogP contribution in [0, 0.1) is 5.82 Å². The molecule has 16 heavy (non-hydrogen) atoms. The van der Waals surface area contributed by atoms with Crippen LogP contribution in [0.15, 0.2) is 16.6 Å². The minimum Gasteiger partial charge on any atom is -0.493 e. The van der Waals surface area contributed by atoms with Crippen LogP contribution in [0.2, 0.25) is 0 Å². The minimum absolute atomic E-state index is 0.157. The molecule has 2 rings (SSSR count). The van der Waals surface area contributed by atoms with E-state index in [1.807, 2.05) is 6.07 Å². The van der Waals surface area contributed by atoms with Gasteiger partial charge in [0.2, 0.25) is 0 Å². The Bertz CT molecular complexity index is 380. The third-order valence-corrected chi connectivity index (χ3v) is 2.97. The Morgan fingerprint density at radius 1 is 1.56 bits per heavy atom. The van der Waals surface area contributed by atoms with Crippen LogP contribution in [0.3, 0.4) is 0 Å². The van der Waals surface area contributed by atoms with E-state index < -0.39 is 0 Å². The first-order chi connectivity index (χ1) is 7.72. The van der Waals surface area contributed by atoms with Gasteiger partial charge in [-0.05, 0) is 12.1 Å². The molecular formula is C11H13BrFNO2. The second kappa shape index (κ2) is 5.12. The molecule has 0 bridgehead atoms. The lowest BCUT2D eigenvalue weighted by Crippen LogP contribution is -2.33. The van der Waals surface area contributed by atoms with E-state index in [-0.39, 0.29) is 17.7 Å². The zero-order valence-corrected chi connectivity index (χ0v) is 10.5. The van der Waals surface area contributed by atoms with Crippen molar-refractivity contribution in [3.63, 3.8) is 0 Å². The first-order valence-corrected chi connectivity index (χ1v) is 5.87. The SMILES string of the molecule is COc1c(F)cc(Br)cc1C1CNCCO1. The van der Waals surface area contributed by atoms with Crippen molar-refractivity contribution in [3.8, 4) is 5.75 Å². The molecule has 1 N–H and O–H groups in total. The smallest absolute Gasteiger partial charge is 0.166 e. The van der Waals surface area contributed by atoms with Gasteiger partial charge in [0.05, 0.1) is 19.8 Å². The first-order valence-electron chi connectivity index (χ1n) is 5.07. The lowest BCUT2D eigenvalue weighted by Gasteiger charge is -2.25. The van der Waals surface area contributed by atoms with E-state index in [0.717, 1.165) is 12.1 Å². The number of ether oxygens (including phenoxy) is 2. The minimum atomic E-state index is -0.374. The molecule has 1 atom stereocenters. The highest BCUT2D eigenvalue weighted by Crippen LogP contribution is 2.33. The van der Waals surface area contributed by atoms with Crippen molar-refractivity contribution < 1.29 is 13.9 Å². The molecule has 1 unspecified atom stereocenters. The quantitative estimate of drug-likeness (QED) is 0.906. The average molecular weight is 290 g/mol. The Morgan fingerprint density at radius 3 is 3.00 bits per heavy atom. The van der Waals surface area contributed by atoms with Gasteiger partial charge in [0.1, 0.15) is 0 Å². The van der Waals surface area contributed by atoms with Gasteiger partial charge in [-0.3, -0.25) is 0 Å². The molecule has 1 aromatic carbocycles. The summed E-state index contributed by atoms with van der Waals surface area (Å²) in [5.41, 5.74) is 0.738. The molecule has 0 aromatic heterocycles. The van der Waals surface area contributed by atoms with Gasteiger partial charge in [-0.15, -0.1) is 0 Å². The van der Waals surface area contributed by atoms with Crippen LogP contribution in [0.1, 0.15) is 11.7 Å². The van der Waals surface area contributed by atoms with Gasteiger partial charge in [-0.2, -0.15) is 0 Å². The van der Waals surface area contributed by atoms with E-state index in [0.29, 0.717) is 17.6 Å². The van der Waals surface area contributed by atoms with Gasteiger partial charge in [-0.1, -0.05) is 15.9 Å². The highest BCUT2D eigenvalue weighted by atomic mass is 79.9. The molecule has 0 radical (unpaired) electrons. The summed E-state index contributed by atoms with van der Waals surface area (Å²) in [5.74, 6) is -0.113. The molecule has 1 saturated heterocycles. The second-order valence-electron chi connectivity index (χ2n) is 3.57. The zero-order chi connectivity index (χ0) is 11.5. The largest absolute Gasteiger partial charge is 0.493 e. The first kappa shape index (κ1) is 11.8. The normalized spacial score (nSPS) is 20.8. The monoisotopic (exact) mass is 289 g/mol. The van der Waals surface area contributed by atoms with Gasteiger partial charge in [0.15, 0.2) is 11.6 Å². The van der Waals surface area contributed by atoms with Gasteiger partial charge >= 0.3 is 0 Å². The van der Waals surface area contributed by atoms with Crippen LogP contribution in [0.4, 0.5) is 4.39 Å². The molecule has 0 aliphatic carbocycles. The molecule has 3 nitrogen and oxygen atoms in total. The highest BCUT2D eigenvalue weighted by Gasteiger charge is 2.22. The molecule has 88 valence electrons. The van der Waals surface area contributed by atoms with Crippen molar-refractivity contribution in [1.82, 2.24) is 5.32 Å². The summed E-state index contributed by atoms with van der Waals surface area (Å²) in [4.78, 5) is 0.